The monoisotopic (exact) mass is 284 g/mol. The number of nitrogens with one attached hydrogen (secondary N) is 1. The molecule has 19 heavy (non-hydrogen) atoms. The number of carbonyl (C=O) groups excluding carboxylic acids is 1. The second-order valence-corrected chi connectivity index (χ2v) is 5.70. The number of aryl methyl sites for hydroxylation is 1. The van der Waals surface area contributed by atoms with Crippen molar-refractivity contribution in [2.24, 2.45) is 0 Å². The number of amides is 2. The van der Waals surface area contributed by atoms with Gasteiger partial charge in [0.15, 0.2) is 0 Å². The summed E-state index contributed by atoms with van der Waals surface area (Å²) in [7, 11) is 0. The van der Waals surface area contributed by atoms with Gasteiger partial charge in [-0.1, -0.05) is 37.5 Å². The van der Waals surface area contributed by atoms with Gasteiger partial charge in [0.1, 0.15) is 11.2 Å². The van der Waals surface area contributed by atoms with Gasteiger partial charge in [-0.25, -0.2) is 9.69 Å². The van der Waals surface area contributed by atoms with E-state index in [0.717, 1.165) is 17.8 Å². The summed E-state index contributed by atoms with van der Waals surface area (Å²) < 4.78 is 0. The number of aliphatic hydroxyl groups is 1. The molecule has 7 heteroatoms. The molecule has 1 saturated heterocycles. The number of carbonyl (C=O) groups is 1. The third-order valence-electron chi connectivity index (χ3n) is 3.10. The average molecular weight is 284 g/mol. The number of anilines is 1. The van der Waals surface area contributed by atoms with Crippen molar-refractivity contribution < 1.29 is 9.90 Å². The zero-order valence-corrected chi connectivity index (χ0v) is 11.9. The van der Waals surface area contributed by atoms with E-state index in [2.05, 4.69) is 22.4 Å². The van der Waals surface area contributed by atoms with Gasteiger partial charge in [0, 0.05) is 19.4 Å². The Hall–Kier alpha value is -1.21. The lowest BCUT2D eigenvalue weighted by molar-refractivity contribution is 0.145. The van der Waals surface area contributed by atoms with Gasteiger partial charge < -0.3 is 10.4 Å². The van der Waals surface area contributed by atoms with Crippen LogP contribution in [0.1, 0.15) is 44.0 Å². The highest BCUT2D eigenvalue weighted by atomic mass is 32.1. The number of aromatic nitrogens is 2. The van der Waals surface area contributed by atoms with Crippen molar-refractivity contribution in [3.63, 3.8) is 0 Å². The molecule has 2 heterocycles. The quantitative estimate of drug-likeness (QED) is 0.782. The lowest BCUT2D eigenvalue weighted by Gasteiger charge is -2.29. The van der Waals surface area contributed by atoms with Crippen LogP contribution in [0.5, 0.6) is 0 Å². The highest BCUT2D eigenvalue weighted by molar-refractivity contribution is 7.15. The van der Waals surface area contributed by atoms with Gasteiger partial charge in [0.05, 0.1) is 0 Å². The number of hydrogen-bond donors (Lipinski definition) is 2. The minimum atomic E-state index is -0.797. The first-order valence-corrected chi connectivity index (χ1v) is 7.61. The van der Waals surface area contributed by atoms with Crippen LogP contribution in [-0.4, -0.2) is 34.1 Å². The normalized spacial score (nSPS) is 19.6. The molecular weight excluding hydrogens is 264 g/mol. The van der Waals surface area contributed by atoms with Crippen LogP contribution >= 0.6 is 11.3 Å². The Morgan fingerprint density at radius 3 is 3.00 bits per heavy atom. The molecule has 1 aromatic heterocycles. The molecule has 2 amide bonds. The lowest BCUT2D eigenvalue weighted by atomic mass is 10.2. The van der Waals surface area contributed by atoms with Crippen LogP contribution in [-0.2, 0) is 6.42 Å². The van der Waals surface area contributed by atoms with Crippen molar-refractivity contribution in [3.05, 3.63) is 5.01 Å². The molecule has 1 aromatic rings. The maximum atomic E-state index is 11.7. The third kappa shape index (κ3) is 3.63. The van der Waals surface area contributed by atoms with E-state index in [4.69, 9.17) is 0 Å². The molecule has 0 aliphatic carbocycles. The van der Waals surface area contributed by atoms with Crippen molar-refractivity contribution in [2.75, 3.05) is 11.4 Å². The van der Waals surface area contributed by atoms with E-state index in [1.54, 1.807) is 0 Å². The van der Waals surface area contributed by atoms with E-state index >= 15 is 0 Å². The van der Waals surface area contributed by atoms with Crippen LogP contribution < -0.4 is 10.2 Å². The first kappa shape index (κ1) is 14.2. The van der Waals surface area contributed by atoms with Crippen LogP contribution in [0.15, 0.2) is 0 Å². The minimum Gasteiger partial charge on any atom is -0.373 e. The Labute approximate surface area is 116 Å². The Balaban J connectivity index is 1.94. The van der Waals surface area contributed by atoms with Gasteiger partial charge in [-0.15, -0.1) is 10.2 Å². The summed E-state index contributed by atoms with van der Waals surface area (Å²) in [6, 6.07) is -0.299. The summed E-state index contributed by atoms with van der Waals surface area (Å²) in [5.41, 5.74) is 0. The predicted octanol–water partition coefficient (Wildman–Crippen LogP) is 1.90. The fourth-order valence-electron chi connectivity index (χ4n) is 2.02. The fraction of sp³-hybridized carbons (Fsp3) is 0.750. The zero-order valence-electron chi connectivity index (χ0n) is 11.1. The molecule has 2 N–H and O–H groups in total. The molecule has 1 unspecified atom stereocenters. The molecule has 0 radical (unpaired) electrons. The van der Waals surface area contributed by atoms with Gasteiger partial charge in [0.2, 0.25) is 5.13 Å². The second kappa shape index (κ2) is 6.81. The van der Waals surface area contributed by atoms with Crippen molar-refractivity contribution in [2.45, 2.75) is 51.7 Å². The number of unbranched alkanes of at least 4 members (excludes halogenated alkanes) is 3. The highest BCUT2D eigenvalue weighted by Gasteiger charge is 2.30. The van der Waals surface area contributed by atoms with E-state index in [9.17, 15) is 9.90 Å². The van der Waals surface area contributed by atoms with Gasteiger partial charge in [0.25, 0.3) is 0 Å². The maximum absolute atomic E-state index is 11.7. The van der Waals surface area contributed by atoms with Crippen LogP contribution in [0, 0.1) is 0 Å². The Kier molecular flexibility index (Phi) is 5.09. The van der Waals surface area contributed by atoms with Gasteiger partial charge in [-0.3, -0.25) is 0 Å². The van der Waals surface area contributed by atoms with E-state index in [-0.39, 0.29) is 6.03 Å². The summed E-state index contributed by atoms with van der Waals surface area (Å²) in [5, 5.41) is 22.1. The number of nitrogens with zero attached hydrogens (tertiary/aromatic N) is 3. The van der Waals surface area contributed by atoms with Gasteiger partial charge >= 0.3 is 6.03 Å². The van der Waals surface area contributed by atoms with Crippen molar-refractivity contribution in [1.29, 1.82) is 0 Å². The van der Waals surface area contributed by atoms with Crippen LogP contribution in [0.25, 0.3) is 0 Å². The molecule has 1 fully saturated rings. The summed E-state index contributed by atoms with van der Waals surface area (Å²) >= 11 is 1.39. The molecule has 0 saturated carbocycles. The maximum Gasteiger partial charge on any atom is 0.325 e. The fourth-order valence-corrected chi connectivity index (χ4v) is 2.94. The molecule has 6 nitrogen and oxygen atoms in total. The molecule has 1 atom stereocenters. The Morgan fingerprint density at radius 2 is 2.26 bits per heavy atom. The van der Waals surface area contributed by atoms with E-state index in [0.29, 0.717) is 18.1 Å². The first-order valence-electron chi connectivity index (χ1n) is 6.80. The van der Waals surface area contributed by atoms with Crippen LogP contribution in [0.4, 0.5) is 9.93 Å². The Morgan fingerprint density at radius 1 is 1.42 bits per heavy atom. The third-order valence-corrected chi connectivity index (χ3v) is 4.08. The summed E-state index contributed by atoms with van der Waals surface area (Å²) in [5.74, 6) is 0. The van der Waals surface area contributed by atoms with E-state index in [1.807, 2.05) is 0 Å². The molecule has 1 aliphatic heterocycles. The van der Waals surface area contributed by atoms with Crippen LogP contribution in [0.2, 0.25) is 0 Å². The molecule has 0 aromatic carbocycles. The zero-order chi connectivity index (χ0) is 13.7. The van der Waals surface area contributed by atoms with Gasteiger partial charge in [-0.2, -0.15) is 0 Å². The number of rotatable bonds is 6. The number of urea groups is 1. The predicted molar refractivity (Wildman–Crippen MR) is 74.3 cm³/mol. The van der Waals surface area contributed by atoms with Gasteiger partial charge in [-0.05, 0) is 6.42 Å². The Bertz CT molecular complexity index is 424. The molecule has 1 aliphatic rings. The summed E-state index contributed by atoms with van der Waals surface area (Å²) in [4.78, 5) is 13.0. The number of aliphatic hydroxyl groups excluding tert-OH is 1. The topological polar surface area (TPSA) is 78.4 Å². The highest BCUT2D eigenvalue weighted by Crippen LogP contribution is 2.25. The number of hydrogen-bond acceptors (Lipinski definition) is 5. The minimum absolute atomic E-state index is 0.299. The largest absolute Gasteiger partial charge is 0.373 e. The molecule has 106 valence electrons. The van der Waals surface area contributed by atoms with Crippen molar-refractivity contribution in [3.8, 4) is 0 Å². The van der Waals surface area contributed by atoms with E-state index in [1.165, 1.54) is 35.5 Å². The lowest BCUT2D eigenvalue weighted by Crippen LogP contribution is -2.52. The SMILES string of the molecule is CCCCCCc1nnc(N2C(=O)NCCC2O)s1. The standard InChI is InChI=1S/C12H20N4O2S/c1-2-3-4-5-6-9-14-15-12(19-9)16-10(17)7-8-13-11(16)18/h10,17H,2-8H2,1H3,(H,13,18). The average Bonchev–Trinajstić information content (AvgIpc) is 2.83. The van der Waals surface area contributed by atoms with Crippen molar-refractivity contribution in [1.82, 2.24) is 15.5 Å². The van der Waals surface area contributed by atoms with Crippen molar-refractivity contribution >= 4 is 22.5 Å². The second-order valence-electron chi connectivity index (χ2n) is 4.66. The molecule has 0 spiro atoms. The summed E-state index contributed by atoms with van der Waals surface area (Å²) in [6.07, 6.45) is 5.34. The molecular formula is C12H20N4O2S. The smallest absolute Gasteiger partial charge is 0.325 e. The van der Waals surface area contributed by atoms with Crippen LogP contribution in [0.3, 0.4) is 0 Å². The molecule has 0 bridgehead atoms. The van der Waals surface area contributed by atoms with E-state index < -0.39 is 6.23 Å². The first-order chi connectivity index (χ1) is 9.22. The summed E-state index contributed by atoms with van der Waals surface area (Å²) in [6.45, 7) is 2.68. The molecule has 2 rings (SSSR count).